The van der Waals surface area contributed by atoms with Crippen LogP contribution >= 0.6 is 0 Å². The van der Waals surface area contributed by atoms with E-state index >= 15 is 0 Å². The summed E-state index contributed by atoms with van der Waals surface area (Å²) in [6.07, 6.45) is 2.86. The minimum Gasteiger partial charge on any atom is -0.309 e. The molecule has 372 valence electrons. The van der Waals surface area contributed by atoms with Crippen LogP contribution in [0.3, 0.4) is 0 Å². The largest absolute Gasteiger partial charge is 0.309 e. The fourth-order valence-electron chi connectivity index (χ4n) is 12.8. The Morgan fingerprint density at radius 3 is 1.62 bits per heavy atom. The Morgan fingerprint density at radius 1 is 0.346 bits per heavy atom. The first-order valence-electron chi connectivity index (χ1n) is 27.7. The lowest BCUT2D eigenvalue weighted by Gasteiger charge is -2.33. The molecule has 2 unspecified atom stereocenters. The highest BCUT2D eigenvalue weighted by atomic mass is 15.0. The first-order chi connectivity index (χ1) is 38.4. The van der Waals surface area contributed by atoms with Crippen LogP contribution in [0.5, 0.6) is 0 Å². The fraction of sp³-hybridized carbons (Fsp3) is 0.0909. The van der Waals surface area contributed by atoms with Crippen molar-refractivity contribution in [1.82, 2.24) is 4.57 Å². The number of benzene rings is 13. The van der Waals surface area contributed by atoms with Gasteiger partial charge in [-0.25, -0.2) is 0 Å². The number of aryl methyl sites for hydroxylation is 3. The molecule has 0 amide bonds. The summed E-state index contributed by atoms with van der Waals surface area (Å²) in [6, 6.07) is 105. The molecule has 0 aliphatic heterocycles. The average Bonchev–Trinajstić information content (AvgIpc) is 3.92. The predicted octanol–water partition coefficient (Wildman–Crippen LogP) is 19.9. The van der Waals surface area contributed by atoms with Gasteiger partial charge in [-0.1, -0.05) is 218 Å². The zero-order valence-electron chi connectivity index (χ0n) is 44.2. The van der Waals surface area contributed by atoms with Crippen molar-refractivity contribution >= 4 is 64.9 Å². The molecule has 1 nitrogen and oxygen atoms in total. The maximum absolute atomic E-state index is 2.48. The third-order valence-corrected chi connectivity index (χ3v) is 17.1. The molecule has 0 aliphatic rings. The van der Waals surface area contributed by atoms with Crippen LogP contribution in [0, 0.1) is 6.92 Å². The van der Waals surface area contributed by atoms with Gasteiger partial charge in [0, 0.05) is 27.8 Å². The number of hydrogen-bond donors (Lipinski definition) is 0. The number of para-hydroxylation sites is 2. The Balaban J connectivity index is 0.907. The second kappa shape index (κ2) is 19.7. The molecule has 1 heterocycles. The molecule has 0 N–H and O–H groups in total. The third-order valence-electron chi connectivity index (χ3n) is 17.1. The van der Waals surface area contributed by atoms with Gasteiger partial charge in [0.15, 0.2) is 0 Å². The Hall–Kier alpha value is -9.30. The van der Waals surface area contributed by atoms with Crippen LogP contribution in [0.4, 0.5) is 0 Å². The molecular formula is C77H59N. The average molecular weight is 998 g/mol. The molecule has 0 saturated carbocycles. The monoisotopic (exact) mass is 997 g/mol. The van der Waals surface area contributed by atoms with E-state index in [-0.39, 0.29) is 5.92 Å². The van der Waals surface area contributed by atoms with Gasteiger partial charge >= 0.3 is 0 Å². The number of aromatic nitrogens is 1. The van der Waals surface area contributed by atoms with Crippen LogP contribution in [0.15, 0.2) is 279 Å². The molecule has 14 aromatic rings. The molecular weight excluding hydrogens is 939 g/mol. The maximum atomic E-state index is 2.48. The van der Waals surface area contributed by atoms with Gasteiger partial charge in [-0.05, 0) is 198 Å². The molecule has 14 rings (SSSR count). The van der Waals surface area contributed by atoms with Gasteiger partial charge in [-0.2, -0.15) is 0 Å². The molecule has 0 spiro atoms. The van der Waals surface area contributed by atoms with Gasteiger partial charge in [-0.3, -0.25) is 0 Å². The highest BCUT2D eigenvalue weighted by Gasteiger charge is 2.33. The van der Waals surface area contributed by atoms with Crippen LogP contribution in [0.1, 0.15) is 62.9 Å². The van der Waals surface area contributed by atoms with E-state index in [1.807, 2.05) is 0 Å². The van der Waals surface area contributed by atoms with Gasteiger partial charge < -0.3 is 4.57 Å². The predicted molar refractivity (Wildman–Crippen MR) is 332 cm³/mol. The first-order valence-corrected chi connectivity index (χ1v) is 27.7. The summed E-state index contributed by atoms with van der Waals surface area (Å²) in [5.74, 6) is 0.0967. The molecule has 1 aromatic heterocycles. The van der Waals surface area contributed by atoms with E-state index in [1.165, 1.54) is 126 Å². The summed E-state index contributed by atoms with van der Waals surface area (Å²) in [5.41, 5.74) is 17.5. The molecule has 0 bridgehead atoms. The summed E-state index contributed by atoms with van der Waals surface area (Å²) >= 11 is 0. The lowest BCUT2D eigenvalue weighted by molar-refractivity contribution is 0.693. The first kappa shape index (κ1) is 47.2. The Morgan fingerprint density at radius 2 is 0.885 bits per heavy atom. The molecule has 0 radical (unpaired) electrons. The van der Waals surface area contributed by atoms with Crippen molar-refractivity contribution in [3.63, 3.8) is 0 Å². The lowest BCUT2D eigenvalue weighted by atomic mass is 9.70. The Bertz CT molecular complexity index is 4540. The van der Waals surface area contributed by atoms with E-state index < -0.39 is 5.41 Å². The van der Waals surface area contributed by atoms with E-state index in [9.17, 15) is 0 Å². The zero-order chi connectivity index (χ0) is 52.2. The molecule has 0 fully saturated rings. The van der Waals surface area contributed by atoms with Crippen molar-refractivity contribution in [2.75, 3.05) is 0 Å². The summed E-state index contributed by atoms with van der Waals surface area (Å²) in [5, 5.41) is 12.6. The van der Waals surface area contributed by atoms with Crippen molar-refractivity contribution in [2.24, 2.45) is 0 Å². The van der Waals surface area contributed by atoms with Gasteiger partial charge in [-0.15, -0.1) is 0 Å². The second-order valence-electron chi connectivity index (χ2n) is 21.8. The van der Waals surface area contributed by atoms with Crippen molar-refractivity contribution in [3.8, 4) is 16.8 Å². The van der Waals surface area contributed by atoms with E-state index in [4.69, 9.17) is 0 Å². The number of nitrogens with zero attached hydrogens (tertiary/aromatic N) is 1. The van der Waals surface area contributed by atoms with Crippen molar-refractivity contribution in [1.29, 1.82) is 0 Å². The number of hydrogen-bond acceptors (Lipinski definition) is 0. The molecule has 0 aliphatic carbocycles. The van der Waals surface area contributed by atoms with Crippen LogP contribution in [0.25, 0.3) is 81.7 Å². The quantitative estimate of drug-likeness (QED) is 0.0849. The SMILES string of the molecule is Cc1ccc(CC(c2ccc(C(C)(c3ccc4cc5ccccc5cc4c3)c3ccc4c(c3)c3ccccc3n4-c3ccccc3)cc2)c2ccc3cc4ccccc4cc3c2)cc1-c1ccccc1CCc1ccccc1. The minimum absolute atomic E-state index is 0.0967. The maximum Gasteiger partial charge on any atom is 0.0541 e. The summed E-state index contributed by atoms with van der Waals surface area (Å²) in [6.45, 7) is 4.71. The molecule has 13 aromatic carbocycles. The van der Waals surface area contributed by atoms with Gasteiger partial charge in [0.2, 0.25) is 0 Å². The van der Waals surface area contributed by atoms with E-state index in [1.54, 1.807) is 0 Å². The normalized spacial score (nSPS) is 12.9. The lowest BCUT2D eigenvalue weighted by Crippen LogP contribution is -2.25. The Kier molecular flexibility index (Phi) is 11.9. The van der Waals surface area contributed by atoms with Gasteiger partial charge in [0.05, 0.1) is 11.0 Å². The zero-order valence-corrected chi connectivity index (χ0v) is 44.2. The van der Waals surface area contributed by atoms with Crippen LogP contribution < -0.4 is 0 Å². The van der Waals surface area contributed by atoms with Gasteiger partial charge in [0.25, 0.3) is 0 Å². The number of rotatable bonds is 12. The van der Waals surface area contributed by atoms with Crippen molar-refractivity contribution in [2.45, 2.75) is 44.4 Å². The summed E-state index contributed by atoms with van der Waals surface area (Å²) < 4.78 is 2.42. The highest BCUT2D eigenvalue weighted by Crippen LogP contribution is 2.45. The number of fused-ring (bicyclic) bond motifs is 7. The fourth-order valence-corrected chi connectivity index (χ4v) is 12.8. The van der Waals surface area contributed by atoms with Crippen LogP contribution in [-0.4, -0.2) is 4.57 Å². The minimum atomic E-state index is -0.512. The third kappa shape index (κ3) is 8.53. The molecule has 1 heteroatoms. The Labute approximate surface area is 457 Å². The molecule has 2 atom stereocenters. The van der Waals surface area contributed by atoms with Crippen molar-refractivity contribution < 1.29 is 0 Å². The summed E-state index contributed by atoms with van der Waals surface area (Å²) in [4.78, 5) is 0. The summed E-state index contributed by atoms with van der Waals surface area (Å²) in [7, 11) is 0. The molecule has 78 heavy (non-hydrogen) atoms. The molecule has 0 saturated heterocycles. The van der Waals surface area contributed by atoms with E-state index in [0.717, 1.165) is 24.9 Å². The van der Waals surface area contributed by atoms with E-state index in [2.05, 4.69) is 297 Å². The second-order valence-corrected chi connectivity index (χ2v) is 21.8. The van der Waals surface area contributed by atoms with Gasteiger partial charge in [0.1, 0.15) is 0 Å². The standard InChI is InChI=1S/C77H59N/c1-52-29-30-54(43-72(52)70-26-14-13-19-55(70)32-31-53-17-5-3-6-18-53)44-73(63-34-33-61-45-57-20-9-11-22-59(57)47-64(61)49-63)56-35-38-66(39-36-56)77(2,67-40-37-62-46-58-21-10-12-23-60(58)48-65(62)50-67)68-41-42-76-74(51-68)71-27-15-16-28-75(71)78(76)69-24-7-4-8-25-69/h3-30,33-43,45-51,73H,31-32,44H2,1-2H3. The van der Waals surface area contributed by atoms with Crippen molar-refractivity contribution in [3.05, 3.63) is 329 Å². The van der Waals surface area contributed by atoms with Crippen LogP contribution in [-0.2, 0) is 24.7 Å². The van der Waals surface area contributed by atoms with Crippen LogP contribution in [0.2, 0.25) is 0 Å². The van der Waals surface area contributed by atoms with E-state index in [0.29, 0.717) is 0 Å². The topological polar surface area (TPSA) is 4.93 Å². The smallest absolute Gasteiger partial charge is 0.0541 e. The highest BCUT2D eigenvalue weighted by molar-refractivity contribution is 6.10.